The van der Waals surface area contributed by atoms with Crippen LogP contribution < -0.4 is 10.6 Å². The Morgan fingerprint density at radius 2 is 1.48 bits per heavy atom. The fraction of sp³-hybridized carbons (Fsp3) is 0.158. The van der Waals surface area contributed by atoms with Crippen LogP contribution in [0.15, 0.2) is 42.7 Å². The second-order valence-corrected chi connectivity index (χ2v) is 6.49. The van der Waals surface area contributed by atoms with E-state index in [9.17, 15) is 10.1 Å². The topological polar surface area (TPSA) is 93.0 Å². The average Bonchev–Trinajstić information content (AvgIpc) is 2.63. The van der Waals surface area contributed by atoms with E-state index in [0.717, 1.165) is 22.4 Å². The third-order valence-electron chi connectivity index (χ3n) is 4.38. The SMILES string of the molecule is Cc1cccc(Nc2ncnc(Nc3cccc(Cl)c3C)c2[N+](=O)[O-])c1C. The van der Waals surface area contributed by atoms with E-state index in [1.165, 1.54) is 6.33 Å². The zero-order valence-corrected chi connectivity index (χ0v) is 15.8. The van der Waals surface area contributed by atoms with Gasteiger partial charge < -0.3 is 10.6 Å². The maximum atomic E-state index is 11.7. The van der Waals surface area contributed by atoms with Crippen LogP contribution in [-0.2, 0) is 0 Å². The molecule has 8 heteroatoms. The van der Waals surface area contributed by atoms with Crippen LogP contribution in [0.2, 0.25) is 5.02 Å². The van der Waals surface area contributed by atoms with Crippen molar-refractivity contribution in [3.05, 3.63) is 74.6 Å². The number of rotatable bonds is 5. The first-order valence-corrected chi connectivity index (χ1v) is 8.61. The van der Waals surface area contributed by atoms with Crippen LogP contribution in [0.5, 0.6) is 0 Å². The molecule has 0 unspecified atom stereocenters. The quantitative estimate of drug-likeness (QED) is 0.449. The van der Waals surface area contributed by atoms with Gasteiger partial charge in [-0.15, -0.1) is 0 Å². The Labute approximate surface area is 161 Å². The first-order chi connectivity index (χ1) is 12.9. The number of nitrogens with one attached hydrogen (secondary N) is 2. The fourth-order valence-electron chi connectivity index (χ4n) is 2.62. The van der Waals surface area contributed by atoms with E-state index in [2.05, 4.69) is 20.6 Å². The smallest absolute Gasteiger partial charge is 0.334 e. The lowest BCUT2D eigenvalue weighted by Gasteiger charge is -2.13. The van der Waals surface area contributed by atoms with Crippen molar-refractivity contribution in [2.45, 2.75) is 20.8 Å². The summed E-state index contributed by atoms with van der Waals surface area (Å²) in [6.07, 6.45) is 1.28. The van der Waals surface area contributed by atoms with E-state index in [4.69, 9.17) is 11.6 Å². The van der Waals surface area contributed by atoms with Gasteiger partial charge in [-0.3, -0.25) is 10.1 Å². The third kappa shape index (κ3) is 3.83. The minimum atomic E-state index is -0.504. The number of nitro groups is 1. The Morgan fingerprint density at radius 1 is 0.926 bits per heavy atom. The highest BCUT2D eigenvalue weighted by Gasteiger charge is 2.24. The molecule has 0 aliphatic rings. The Hall–Kier alpha value is -3.19. The van der Waals surface area contributed by atoms with Gasteiger partial charge in [0.2, 0.25) is 11.6 Å². The number of aromatic nitrogens is 2. The molecule has 3 rings (SSSR count). The molecular weight excluding hydrogens is 366 g/mol. The van der Waals surface area contributed by atoms with Gasteiger partial charge in [0.1, 0.15) is 6.33 Å². The molecule has 0 aliphatic heterocycles. The number of nitrogens with zero attached hydrogens (tertiary/aromatic N) is 3. The summed E-state index contributed by atoms with van der Waals surface area (Å²) in [4.78, 5) is 19.4. The van der Waals surface area contributed by atoms with E-state index < -0.39 is 4.92 Å². The summed E-state index contributed by atoms with van der Waals surface area (Å²) in [6.45, 7) is 5.75. The normalized spacial score (nSPS) is 10.5. The molecule has 0 saturated heterocycles. The number of hydrogen-bond donors (Lipinski definition) is 2. The van der Waals surface area contributed by atoms with Crippen molar-refractivity contribution in [1.29, 1.82) is 0 Å². The van der Waals surface area contributed by atoms with Crippen molar-refractivity contribution in [2.75, 3.05) is 10.6 Å². The molecule has 0 amide bonds. The number of halogens is 1. The molecule has 0 bridgehead atoms. The van der Waals surface area contributed by atoms with E-state index >= 15 is 0 Å². The zero-order chi connectivity index (χ0) is 19.6. The van der Waals surface area contributed by atoms with E-state index in [0.29, 0.717) is 10.7 Å². The van der Waals surface area contributed by atoms with E-state index in [-0.39, 0.29) is 17.3 Å². The molecule has 0 spiro atoms. The monoisotopic (exact) mass is 383 g/mol. The van der Waals surface area contributed by atoms with Crippen LogP contribution in [0.4, 0.5) is 28.7 Å². The predicted octanol–water partition coefficient (Wildman–Crippen LogP) is 5.45. The fourth-order valence-corrected chi connectivity index (χ4v) is 2.79. The van der Waals surface area contributed by atoms with Crippen molar-refractivity contribution in [2.24, 2.45) is 0 Å². The first-order valence-electron chi connectivity index (χ1n) is 8.23. The first kappa shape index (κ1) is 18.6. The number of aryl methyl sites for hydroxylation is 1. The summed E-state index contributed by atoms with van der Waals surface area (Å²) < 4.78 is 0. The van der Waals surface area contributed by atoms with Gasteiger partial charge in [0.05, 0.1) is 4.92 Å². The summed E-state index contributed by atoms with van der Waals surface area (Å²) in [6, 6.07) is 11.0. The standard InChI is InChI=1S/C19H18ClN5O2/c1-11-6-4-8-15(12(11)2)23-18-17(25(26)27)19(22-10-21-18)24-16-9-5-7-14(20)13(16)3/h4-10H,1-3H3,(H2,21,22,23,24). The maximum absolute atomic E-state index is 11.7. The van der Waals surface area contributed by atoms with Gasteiger partial charge in [-0.2, -0.15) is 0 Å². The summed E-state index contributed by atoms with van der Waals surface area (Å²) in [5.41, 5.74) is 3.99. The lowest BCUT2D eigenvalue weighted by atomic mass is 10.1. The second kappa shape index (κ2) is 7.59. The highest BCUT2D eigenvalue weighted by molar-refractivity contribution is 6.31. The van der Waals surface area contributed by atoms with Gasteiger partial charge in [0, 0.05) is 16.4 Å². The minimum Gasteiger partial charge on any atom is -0.334 e. The lowest BCUT2D eigenvalue weighted by Crippen LogP contribution is -2.06. The van der Waals surface area contributed by atoms with Crippen LogP contribution in [-0.4, -0.2) is 14.9 Å². The highest BCUT2D eigenvalue weighted by Crippen LogP contribution is 2.35. The number of benzene rings is 2. The summed E-state index contributed by atoms with van der Waals surface area (Å²) >= 11 is 6.13. The van der Waals surface area contributed by atoms with Gasteiger partial charge in [-0.05, 0) is 55.7 Å². The summed E-state index contributed by atoms with van der Waals surface area (Å²) in [5, 5.41) is 18.4. The molecule has 0 fully saturated rings. The predicted molar refractivity (Wildman–Crippen MR) is 107 cm³/mol. The third-order valence-corrected chi connectivity index (χ3v) is 4.79. The van der Waals surface area contributed by atoms with Crippen molar-refractivity contribution < 1.29 is 4.92 Å². The van der Waals surface area contributed by atoms with Crippen LogP contribution in [0.25, 0.3) is 0 Å². The lowest BCUT2D eigenvalue weighted by molar-refractivity contribution is -0.383. The molecule has 7 nitrogen and oxygen atoms in total. The Morgan fingerprint density at radius 3 is 2.07 bits per heavy atom. The molecule has 0 radical (unpaired) electrons. The highest BCUT2D eigenvalue weighted by atomic mass is 35.5. The van der Waals surface area contributed by atoms with Crippen LogP contribution in [0.1, 0.15) is 16.7 Å². The van der Waals surface area contributed by atoms with Crippen molar-refractivity contribution >= 4 is 40.3 Å². The molecule has 2 N–H and O–H groups in total. The van der Waals surface area contributed by atoms with Crippen molar-refractivity contribution in [3.63, 3.8) is 0 Å². The molecule has 1 heterocycles. The summed E-state index contributed by atoms with van der Waals surface area (Å²) in [5.74, 6) is 0.207. The molecule has 2 aromatic carbocycles. The van der Waals surface area contributed by atoms with Crippen molar-refractivity contribution in [3.8, 4) is 0 Å². The molecular formula is C19H18ClN5O2. The molecule has 3 aromatic rings. The largest absolute Gasteiger partial charge is 0.353 e. The number of hydrogen-bond acceptors (Lipinski definition) is 6. The van der Waals surface area contributed by atoms with Gasteiger partial charge in [-0.25, -0.2) is 9.97 Å². The Balaban J connectivity index is 2.04. The second-order valence-electron chi connectivity index (χ2n) is 6.09. The molecule has 138 valence electrons. The number of anilines is 4. The van der Waals surface area contributed by atoms with Gasteiger partial charge in [0.25, 0.3) is 0 Å². The van der Waals surface area contributed by atoms with Crippen molar-refractivity contribution in [1.82, 2.24) is 9.97 Å². The van der Waals surface area contributed by atoms with Gasteiger partial charge in [-0.1, -0.05) is 29.8 Å². The molecule has 27 heavy (non-hydrogen) atoms. The van der Waals surface area contributed by atoms with Gasteiger partial charge in [0.15, 0.2) is 0 Å². The van der Waals surface area contributed by atoms with E-state index in [1.807, 2.05) is 39.0 Å². The van der Waals surface area contributed by atoms with Crippen LogP contribution >= 0.6 is 11.6 Å². The molecule has 0 atom stereocenters. The molecule has 1 aromatic heterocycles. The Bertz CT molecular complexity index is 951. The average molecular weight is 384 g/mol. The zero-order valence-electron chi connectivity index (χ0n) is 15.1. The van der Waals surface area contributed by atoms with Gasteiger partial charge >= 0.3 is 5.69 Å². The Kier molecular flexibility index (Phi) is 5.23. The van der Waals surface area contributed by atoms with Crippen LogP contribution in [0.3, 0.4) is 0 Å². The molecule has 0 aliphatic carbocycles. The molecule has 0 saturated carbocycles. The minimum absolute atomic E-state index is 0.0909. The van der Waals surface area contributed by atoms with E-state index in [1.54, 1.807) is 18.2 Å². The maximum Gasteiger partial charge on any atom is 0.353 e. The summed E-state index contributed by atoms with van der Waals surface area (Å²) in [7, 11) is 0. The van der Waals surface area contributed by atoms with Crippen LogP contribution in [0, 0.1) is 30.9 Å².